The van der Waals surface area contributed by atoms with E-state index in [1.54, 1.807) is 28.8 Å². The highest BCUT2D eigenvalue weighted by Crippen LogP contribution is 2.34. The molecule has 2 aliphatic rings. The fraction of sp³-hybridized carbons (Fsp3) is 0.360. The van der Waals surface area contributed by atoms with Crippen LogP contribution in [0.5, 0.6) is 23.0 Å². The van der Waals surface area contributed by atoms with Gasteiger partial charge >= 0.3 is 0 Å². The fourth-order valence-electron chi connectivity index (χ4n) is 4.54. The molecule has 2 aromatic carbocycles. The van der Waals surface area contributed by atoms with Crippen LogP contribution in [0, 0.1) is 0 Å². The number of methoxy groups -OCH3 is 2. The van der Waals surface area contributed by atoms with Crippen molar-refractivity contribution in [3.05, 3.63) is 53.3 Å². The number of benzene rings is 2. The lowest BCUT2D eigenvalue weighted by atomic mass is 10.2. The molecule has 5 rings (SSSR count). The van der Waals surface area contributed by atoms with E-state index in [0.717, 1.165) is 0 Å². The molecule has 0 spiro atoms. The first-order chi connectivity index (χ1) is 17.9. The summed E-state index contributed by atoms with van der Waals surface area (Å²) < 4.78 is 51.4. The van der Waals surface area contributed by atoms with E-state index in [0.29, 0.717) is 66.2 Å². The molecule has 0 unspecified atom stereocenters. The lowest BCUT2D eigenvalue weighted by Gasteiger charge is -2.35. The highest BCUT2D eigenvalue weighted by atomic mass is 32.2. The second-order valence-electron chi connectivity index (χ2n) is 8.54. The third-order valence-corrected chi connectivity index (χ3v) is 8.32. The van der Waals surface area contributed by atoms with Gasteiger partial charge in [0.05, 0.1) is 30.0 Å². The van der Waals surface area contributed by atoms with Gasteiger partial charge in [0.2, 0.25) is 16.0 Å². The fourth-order valence-corrected chi connectivity index (χ4v) is 5.97. The zero-order valence-corrected chi connectivity index (χ0v) is 21.5. The van der Waals surface area contributed by atoms with E-state index < -0.39 is 10.0 Å². The molecule has 1 saturated heterocycles. The Morgan fingerprint density at radius 3 is 2.32 bits per heavy atom. The molecule has 0 aliphatic carbocycles. The number of sulfonamides is 1. The van der Waals surface area contributed by atoms with E-state index in [4.69, 9.17) is 23.9 Å². The number of hydrogen-bond acceptors (Lipinski definition) is 9. The molecule has 1 fully saturated rings. The number of piperazine rings is 1. The molecule has 2 aliphatic heterocycles. The van der Waals surface area contributed by atoms with E-state index >= 15 is 0 Å². The number of anilines is 1. The average molecular weight is 529 g/mol. The van der Waals surface area contributed by atoms with Gasteiger partial charge in [0.1, 0.15) is 13.2 Å². The van der Waals surface area contributed by atoms with Gasteiger partial charge in [-0.15, -0.1) is 6.58 Å². The predicted octanol–water partition coefficient (Wildman–Crippen LogP) is 1.88. The number of nitrogens with zero attached hydrogens (tertiary/aromatic N) is 4. The van der Waals surface area contributed by atoms with Crippen molar-refractivity contribution >= 4 is 26.9 Å². The molecule has 3 heterocycles. The third kappa shape index (κ3) is 4.46. The number of rotatable bonds is 7. The van der Waals surface area contributed by atoms with Gasteiger partial charge in [-0.2, -0.15) is 4.31 Å². The molecule has 0 amide bonds. The monoisotopic (exact) mass is 528 g/mol. The molecule has 196 valence electrons. The second kappa shape index (κ2) is 9.94. The second-order valence-corrected chi connectivity index (χ2v) is 10.5. The van der Waals surface area contributed by atoms with Crippen molar-refractivity contribution in [1.82, 2.24) is 13.9 Å². The third-order valence-electron chi connectivity index (χ3n) is 6.42. The molecule has 0 N–H and O–H groups in total. The van der Waals surface area contributed by atoms with E-state index in [1.807, 2.05) is 4.90 Å². The van der Waals surface area contributed by atoms with Crippen molar-refractivity contribution < 1.29 is 27.4 Å². The van der Waals surface area contributed by atoms with Crippen molar-refractivity contribution in [3.8, 4) is 23.0 Å². The van der Waals surface area contributed by atoms with Crippen LogP contribution < -0.4 is 29.4 Å². The minimum Gasteiger partial charge on any atom is -0.493 e. The van der Waals surface area contributed by atoms with Crippen LogP contribution >= 0.6 is 0 Å². The summed E-state index contributed by atoms with van der Waals surface area (Å²) >= 11 is 0. The Bertz CT molecular complexity index is 1510. The Balaban J connectivity index is 1.44. The van der Waals surface area contributed by atoms with Crippen molar-refractivity contribution in [1.29, 1.82) is 0 Å². The van der Waals surface area contributed by atoms with Crippen molar-refractivity contribution in [2.75, 3.05) is 58.5 Å². The van der Waals surface area contributed by atoms with Crippen molar-refractivity contribution in [2.45, 2.75) is 11.4 Å². The van der Waals surface area contributed by atoms with Gasteiger partial charge in [-0.1, -0.05) is 6.08 Å². The summed E-state index contributed by atoms with van der Waals surface area (Å²) in [4.78, 5) is 20.2. The summed E-state index contributed by atoms with van der Waals surface area (Å²) in [6, 6.07) is 7.91. The van der Waals surface area contributed by atoms with Gasteiger partial charge in [0.25, 0.3) is 5.56 Å². The average Bonchev–Trinajstić information content (AvgIpc) is 2.93. The smallest absolute Gasteiger partial charge is 0.263 e. The molecule has 37 heavy (non-hydrogen) atoms. The molecular formula is C25H28N4O7S. The van der Waals surface area contributed by atoms with Crippen LogP contribution in [0.2, 0.25) is 0 Å². The highest BCUT2D eigenvalue weighted by Gasteiger charge is 2.31. The standard InChI is InChI=1S/C25H28N4O7S/c1-4-7-29-24(30)18-15-22-23(36-13-12-35-22)16-19(18)26-25(29)27-8-10-28(11-9-27)37(31,32)17-5-6-20(33-2)21(14-17)34-3/h4-6,14-16H,1,7-13H2,2-3H3. The minimum atomic E-state index is -3.76. The summed E-state index contributed by atoms with van der Waals surface area (Å²) in [5.74, 6) is 2.31. The molecular weight excluding hydrogens is 500 g/mol. The van der Waals surface area contributed by atoms with E-state index in [1.165, 1.54) is 30.7 Å². The van der Waals surface area contributed by atoms with Gasteiger partial charge in [0, 0.05) is 44.9 Å². The zero-order chi connectivity index (χ0) is 26.2. The molecule has 0 bridgehead atoms. The zero-order valence-electron chi connectivity index (χ0n) is 20.7. The van der Waals surface area contributed by atoms with E-state index in [9.17, 15) is 13.2 Å². The number of allylic oxidation sites excluding steroid dienone is 1. The molecule has 0 radical (unpaired) electrons. The number of fused-ring (bicyclic) bond motifs is 2. The Kier molecular flexibility index (Phi) is 6.69. The Morgan fingerprint density at radius 2 is 1.68 bits per heavy atom. The molecule has 12 heteroatoms. The first-order valence-corrected chi connectivity index (χ1v) is 13.2. The quantitative estimate of drug-likeness (QED) is 0.424. The highest BCUT2D eigenvalue weighted by molar-refractivity contribution is 7.89. The van der Waals surface area contributed by atoms with Gasteiger partial charge in [0.15, 0.2) is 23.0 Å². The Labute approximate surface area is 214 Å². The SMILES string of the molecule is C=CCn1c(N2CCN(S(=O)(=O)c3ccc(OC)c(OC)c3)CC2)nc2cc3c(cc2c1=O)OCCO3. The topological polar surface area (TPSA) is 112 Å². The van der Waals surface area contributed by atoms with Gasteiger partial charge in [-0.3, -0.25) is 9.36 Å². The van der Waals surface area contributed by atoms with Crippen LogP contribution in [0.15, 0.2) is 52.7 Å². The summed E-state index contributed by atoms with van der Waals surface area (Å²) in [5, 5.41) is 0.421. The lowest BCUT2D eigenvalue weighted by Crippen LogP contribution is -2.50. The Morgan fingerprint density at radius 1 is 1.00 bits per heavy atom. The van der Waals surface area contributed by atoms with E-state index in [2.05, 4.69) is 6.58 Å². The summed E-state index contributed by atoms with van der Waals surface area (Å²) in [6.07, 6.45) is 1.63. The molecule has 3 aromatic rings. The summed E-state index contributed by atoms with van der Waals surface area (Å²) in [6.45, 7) is 6.03. The number of aromatic nitrogens is 2. The number of hydrogen-bond donors (Lipinski definition) is 0. The first-order valence-electron chi connectivity index (χ1n) is 11.8. The van der Waals surface area contributed by atoms with Crippen LogP contribution in [0.3, 0.4) is 0 Å². The number of ether oxygens (including phenoxy) is 4. The lowest BCUT2D eigenvalue weighted by molar-refractivity contribution is 0.172. The van der Waals surface area contributed by atoms with Gasteiger partial charge in [-0.05, 0) is 18.2 Å². The largest absolute Gasteiger partial charge is 0.493 e. The molecule has 0 atom stereocenters. The summed E-state index contributed by atoms with van der Waals surface area (Å²) in [5.41, 5.74) is 0.266. The van der Waals surface area contributed by atoms with Crippen LogP contribution in [0.4, 0.5) is 5.95 Å². The minimum absolute atomic E-state index is 0.123. The van der Waals surface area contributed by atoms with Crippen LogP contribution in [0.1, 0.15) is 0 Å². The maximum atomic E-state index is 13.4. The van der Waals surface area contributed by atoms with Crippen molar-refractivity contribution in [3.63, 3.8) is 0 Å². The van der Waals surface area contributed by atoms with Crippen LogP contribution in [-0.2, 0) is 16.6 Å². The predicted molar refractivity (Wildman–Crippen MR) is 138 cm³/mol. The maximum Gasteiger partial charge on any atom is 0.263 e. The van der Waals surface area contributed by atoms with Crippen LogP contribution in [0.25, 0.3) is 10.9 Å². The molecule has 1 aromatic heterocycles. The molecule has 11 nitrogen and oxygen atoms in total. The first kappa shape index (κ1) is 24.9. The van der Waals surface area contributed by atoms with E-state index in [-0.39, 0.29) is 30.1 Å². The van der Waals surface area contributed by atoms with Gasteiger partial charge in [-0.25, -0.2) is 13.4 Å². The normalized spacial score (nSPS) is 16.0. The summed E-state index contributed by atoms with van der Waals surface area (Å²) in [7, 11) is -0.810. The Hall–Kier alpha value is -3.77. The maximum absolute atomic E-state index is 13.4. The molecule has 0 saturated carbocycles. The van der Waals surface area contributed by atoms with Crippen molar-refractivity contribution in [2.24, 2.45) is 0 Å². The van der Waals surface area contributed by atoms with Gasteiger partial charge < -0.3 is 23.8 Å². The van der Waals surface area contributed by atoms with Crippen LogP contribution in [-0.4, -0.2) is 75.9 Å².